The van der Waals surface area contributed by atoms with E-state index in [0.29, 0.717) is 32.8 Å². The minimum absolute atomic E-state index is 0.0446. The fourth-order valence-corrected chi connectivity index (χ4v) is 4.77. The van der Waals surface area contributed by atoms with Crippen molar-refractivity contribution in [2.45, 2.75) is 32.6 Å². The summed E-state index contributed by atoms with van der Waals surface area (Å²) >= 11 is 0. The van der Waals surface area contributed by atoms with Crippen molar-refractivity contribution in [1.82, 2.24) is 20.4 Å². The van der Waals surface area contributed by atoms with Gasteiger partial charge in [0.15, 0.2) is 0 Å². The zero-order chi connectivity index (χ0) is 22.1. The van der Waals surface area contributed by atoms with Crippen LogP contribution in [-0.4, -0.2) is 80.8 Å². The molecule has 2 aliphatic heterocycles. The Morgan fingerprint density at radius 3 is 2.42 bits per heavy atom. The molecule has 172 valence electrons. The van der Waals surface area contributed by atoms with Crippen LogP contribution >= 0.6 is 0 Å². The number of hydrogen-bond acceptors (Lipinski definition) is 4. The van der Waals surface area contributed by atoms with E-state index >= 15 is 0 Å². The number of carbonyl (C=O) groups excluding carboxylic acids is 2. The summed E-state index contributed by atoms with van der Waals surface area (Å²) in [6.45, 7) is 11.2. The van der Waals surface area contributed by atoms with E-state index in [1.54, 1.807) is 0 Å². The Balaban J connectivity index is 1.43. The lowest BCUT2D eigenvalue weighted by Crippen LogP contribution is -2.47. The number of nitrogens with zero attached hydrogens (tertiary/aromatic N) is 2. The van der Waals surface area contributed by atoms with Crippen LogP contribution in [0.15, 0.2) is 30.3 Å². The Bertz CT molecular complexity index is 683. The zero-order valence-electron chi connectivity index (χ0n) is 19.0. The molecule has 0 spiro atoms. The number of morpholine rings is 1. The van der Waals surface area contributed by atoms with Crippen molar-refractivity contribution >= 4 is 11.9 Å². The summed E-state index contributed by atoms with van der Waals surface area (Å²) in [4.78, 5) is 29.8. The van der Waals surface area contributed by atoms with E-state index < -0.39 is 0 Å². The van der Waals surface area contributed by atoms with Crippen LogP contribution in [0.2, 0.25) is 0 Å². The summed E-state index contributed by atoms with van der Waals surface area (Å²) in [7, 11) is 0. The van der Waals surface area contributed by atoms with Crippen LogP contribution in [0.5, 0.6) is 0 Å². The lowest BCUT2D eigenvalue weighted by Gasteiger charge is -2.34. The molecule has 31 heavy (non-hydrogen) atoms. The monoisotopic (exact) mass is 430 g/mol. The molecule has 7 heteroatoms. The van der Waals surface area contributed by atoms with Gasteiger partial charge in [0.2, 0.25) is 5.91 Å². The molecule has 0 aromatic heterocycles. The van der Waals surface area contributed by atoms with Gasteiger partial charge in [0.05, 0.1) is 19.1 Å². The summed E-state index contributed by atoms with van der Waals surface area (Å²) in [6, 6.07) is 9.47. The predicted octanol–water partition coefficient (Wildman–Crippen LogP) is 2.30. The van der Waals surface area contributed by atoms with Crippen molar-refractivity contribution in [1.29, 1.82) is 0 Å². The second-order valence-corrected chi connectivity index (χ2v) is 9.10. The first-order valence-corrected chi connectivity index (χ1v) is 11.7. The first-order chi connectivity index (χ1) is 15.0. The van der Waals surface area contributed by atoms with Crippen LogP contribution < -0.4 is 10.6 Å². The van der Waals surface area contributed by atoms with E-state index in [1.165, 1.54) is 6.42 Å². The molecular formula is C24H38N4O3. The molecule has 0 saturated carbocycles. The first-order valence-electron chi connectivity index (χ1n) is 11.7. The standard InChI is InChI=1S/C24H38N4O3/c1-19-15-20(2)18-27(17-19)10-6-9-25-24(30)26-16-22(21-7-4-3-5-8-21)23(29)28-11-13-31-14-12-28/h3-5,7-8,19-20,22H,6,9-18H2,1-2H3,(H2,25,26,30). The van der Waals surface area contributed by atoms with Gasteiger partial charge in [-0.1, -0.05) is 44.2 Å². The van der Waals surface area contributed by atoms with Gasteiger partial charge in [-0.25, -0.2) is 4.79 Å². The van der Waals surface area contributed by atoms with Gasteiger partial charge in [0, 0.05) is 39.3 Å². The fourth-order valence-electron chi connectivity index (χ4n) is 4.77. The highest BCUT2D eigenvalue weighted by Gasteiger charge is 2.27. The van der Waals surface area contributed by atoms with Crippen molar-refractivity contribution in [3.05, 3.63) is 35.9 Å². The molecule has 0 radical (unpaired) electrons. The smallest absolute Gasteiger partial charge is 0.314 e. The number of amides is 3. The van der Waals surface area contributed by atoms with Crippen LogP contribution in [0.1, 0.15) is 38.2 Å². The second-order valence-electron chi connectivity index (χ2n) is 9.10. The van der Waals surface area contributed by atoms with Gasteiger partial charge in [-0.3, -0.25) is 4.79 Å². The maximum atomic E-state index is 13.1. The second kappa shape index (κ2) is 12.1. The predicted molar refractivity (Wildman–Crippen MR) is 122 cm³/mol. The molecular weight excluding hydrogens is 392 g/mol. The molecule has 3 unspecified atom stereocenters. The minimum Gasteiger partial charge on any atom is -0.378 e. The summed E-state index contributed by atoms with van der Waals surface area (Å²) in [5.74, 6) is 1.15. The molecule has 0 bridgehead atoms. The fraction of sp³-hybridized carbons (Fsp3) is 0.667. The van der Waals surface area contributed by atoms with Gasteiger partial charge >= 0.3 is 6.03 Å². The molecule has 7 nitrogen and oxygen atoms in total. The lowest BCUT2D eigenvalue weighted by molar-refractivity contribution is -0.136. The van der Waals surface area contributed by atoms with Gasteiger partial charge in [-0.05, 0) is 36.8 Å². The molecule has 2 saturated heterocycles. The van der Waals surface area contributed by atoms with E-state index in [0.717, 1.165) is 43.5 Å². The highest BCUT2D eigenvalue weighted by atomic mass is 16.5. The molecule has 3 rings (SSSR count). The molecule has 1 aromatic carbocycles. The van der Waals surface area contributed by atoms with Crippen LogP contribution in [0.3, 0.4) is 0 Å². The maximum Gasteiger partial charge on any atom is 0.314 e. The van der Waals surface area contributed by atoms with Crippen LogP contribution in [0.25, 0.3) is 0 Å². The van der Waals surface area contributed by atoms with E-state index in [2.05, 4.69) is 29.4 Å². The Labute approximate surface area is 186 Å². The highest BCUT2D eigenvalue weighted by Crippen LogP contribution is 2.21. The molecule has 2 aliphatic rings. The van der Waals surface area contributed by atoms with Gasteiger partial charge < -0.3 is 25.2 Å². The van der Waals surface area contributed by atoms with E-state index in [-0.39, 0.29) is 24.4 Å². The molecule has 2 fully saturated rings. The minimum atomic E-state index is -0.388. The van der Waals surface area contributed by atoms with Crippen LogP contribution in [0, 0.1) is 11.8 Å². The number of ether oxygens (including phenoxy) is 1. The Morgan fingerprint density at radius 2 is 1.74 bits per heavy atom. The summed E-state index contributed by atoms with van der Waals surface area (Å²) < 4.78 is 5.37. The quantitative estimate of drug-likeness (QED) is 0.621. The van der Waals surface area contributed by atoms with Gasteiger partial charge in [0.1, 0.15) is 0 Å². The van der Waals surface area contributed by atoms with E-state index in [9.17, 15) is 9.59 Å². The summed E-state index contributed by atoms with van der Waals surface area (Å²) in [5, 5.41) is 5.86. The van der Waals surface area contributed by atoms with Crippen molar-refractivity contribution in [3.8, 4) is 0 Å². The lowest BCUT2D eigenvalue weighted by atomic mass is 9.92. The molecule has 2 heterocycles. The Morgan fingerprint density at radius 1 is 1.06 bits per heavy atom. The van der Waals surface area contributed by atoms with Crippen LogP contribution in [-0.2, 0) is 9.53 Å². The maximum absolute atomic E-state index is 13.1. The molecule has 0 aliphatic carbocycles. The van der Waals surface area contributed by atoms with E-state index in [4.69, 9.17) is 4.74 Å². The van der Waals surface area contributed by atoms with Crippen molar-refractivity contribution < 1.29 is 14.3 Å². The Kier molecular flexibility index (Phi) is 9.15. The van der Waals surface area contributed by atoms with Crippen molar-refractivity contribution in [2.24, 2.45) is 11.8 Å². The number of piperidine rings is 1. The Hall–Kier alpha value is -2.12. The molecule has 3 atom stereocenters. The van der Waals surface area contributed by atoms with Gasteiger partial charge in [-0.2, -0.15) is 0 Å². The average molecular weight is 431 g/mol. The van der Waals surface area contributed by atoms with Gasteiger partial charge in [-0.15, -0.1) is 0 Å². The number of nitrogens with one attached hydrogen (secondary N) is 2. The number of hydrogen-bond donors (Lipinski definition) is 2. The number of carbonyl (C=O) groups is 2. The third-order valence-electron chi connectivity index (χ3n) is 6.17. The largest absolute Gasteiger partial charge is 0.378 e. The average Bonchev–Trinajstić information content (AvgIpc) is 2.77. The number of likely N-dealkylation sites (tertiary alicyclic amines) is 1. The topological polar surface area (TPSA) is 73.9 Å². The SMILES string of the molecule is CC1CC(C)CN(CCCNC(=O)NCC(C(=O)N2CCOCC2)c2ccccc2)C1. The third kappa shape index (κ3) is 7.51. The number of rotatable bonds is 8. The third-order valence-corrected chi connectivity index (χ3v) is 6.17. The molecule has 1 aromatic rings. The normalized spacial score (nSPS) is 23.2. The van der Waals surface area contributed by atoms with Gasteiger partial charge in [0.25, 0.3) is 0 Å². The molecule has 2 N–H and O–H groups in total. The first kappa shape index (κ1) is 23.5. The number of urea groups is 1. The zero-order valence-corrected chi connectivity index (χ0v) is 19.0. The van der Waals surface area contributed by atoms with Crippen molar-refractivity contribution in [2.75, 3.05) is 59.0 Å². The van der Waals surface area contributed by atoms with Crippen molar-refractivity contribution in [3.63, 3.8) is 0 Å². The summed E-state index contributed by atoms with van der Waals surface area (Å²) in [5.41, 5.74) is 0.924. The highest BCUT2D eigenvalue weighted by molar-refractivity contribution is 5.85. The number of benzene rings is 1. The van der Waals surface area contributed by atoms with Crippen LogP contribution in [0.4, 0.5) is 4.79 Å². The molecule has 3 amide bonds. The van der Waals surface area contributed by atoms with E-state index in [1.807, 2.05) is 35.2 Å². The summed E-state index contributed by atoms with van der Waals surface area (Å²) in [6.07, 6.45) is 2.24.